The number of carbonyl (C=O) groups is 3. The minimum atomic E-state index is -0.743. The number of rotatable bonds is 8. The van der Waals surface area contributed by atoms with Crippen LogP contribution in [0.15, 0.2) is 42.5 Å². The highest BCUT2D eigenvalue weighted by molar-refractivity contribution is 6.35. The summed E-state index contributed by atoms with van der Waals surface area (Å²) in [6.45, 7) is 3.31. The molecule has 2 aromatic carbocycles. The quantitative estimate of drug-likeness (QED) is 0.521. The van der Waals surface area contributed by atoms with Gasteiger partial charge in [0.2, 0.25) is 11.8 Å². The van der Waals surface area contributed by atoms with E-state index in [2.05, 4.69) is 10.6 Å². The van der Waals surface area contributed by atoms with Gasteiger partial charge in [-0.05, 0) is 48.9 Å². The summed E-state index contributed by atoms with van der Waals surface area (Å²) in [4.78, 5) is 44.4. The average molecular weight is 552 g/mol. The third kappa shape index (κ3) is 8.31. The number of urea groups is 1. The fraction of sp³-hybridized carbons (Fsp3) is 0.423. The maximum atomic E-state index is 13.8. The van der Waals surface area contributed by atoms with E-state index in [-0.39, 0.29) is 43.9 Å². The van der Waals surface area contributed by atoms with Gasteiger partial charge < -0.3 is 20.4 Å². The molecular weight excluding hydrogens is 520 g/mol. The largest absolute Gasteiger partial charge is 0.335 e. The number of benzene rings is 2. The highest BCUT2D eigenvalue weighted by Crippen LogP contribution is 2.24. The number of hydrogen-bond donors (Lipinski definition) is 2. The fourth-order valence-electron chi connectivity index (χ4n) is 4.09. The van der Waals surface area contributed by atoms with Crippen LogP contribution >= 0.6 is 23.2 Å². The molecule has 0 radical (unpaired) electrons. The van der Waals surface area contributed by atoms with Crippen LogP contribution in [0.1, 0.15) is 30.9 Å². The van der Waals surface area contributed by atoms with Crippen LogP contribution in [0.3, 0.4) is 0 Å². The molecule has 0 unspecified atom stereocenters. The Labute approximate surface area is 226 Å². The number of nitrogens with zero attached hydrogens (tertiary/aromatic N) is 3. The fourth-order valence-corrected chi connectivity index (χ4v) is 4.56. The van der Waals surface area contributed by atoms with E-state index < -0.39 is 12.1 Å². The van der Waals surface area contributed by atoms with Crippen molar-refractivity contribution in [2.75, 3.05) is 33.4 Å². The number of amides is 4. The first kappa shape index (κ1) is 28.7. The Kier molecular flexibility index (Phi) is 10.5. The van der Waals surface area contributed by atoms with Crippen molar-refractivity contribution in [2.24, 2.45) is 0 Å². The predicted octanol–water partition coefficient (Wildman–Crippen LogP) is 3.86. The maximum Gasteiger partial charge on any atom is 0.316 e. The van der Waals surface area contributed by atoms with Crippen molar-refractivity contribution >= 4 is 41.0 Å². The SMILES string of the molecule is CCC[C@H]1C(=O)N(Cc2ccc(Cl)cc2Cl)CCN(C)CC(=O)N1CNC(=O)NCc1ccc(F)cc1. The standard InChI is InChI=1S/C26H32Cl2FN5O3/c1-3-4-23-25(36)33(15-19-7-8-20(27)13-22(19)28)12-11-32(2)16-24(35)34(23)17-31-26(37)30-14-18-5-9-21(29)10-6-18/h5-10,13,23H,3-4,11-12,14-17H2,1-2H3,(H2,30,31,37)/t23-/m0/s1. The number of likely N-dealkylation sites (N-methyl/N-ethyl adjacent to an activating group) is 1. The minimum absolute atomic E-state index is 0.113. The Bertz CT molecular complexity index is 1100. The summed E-state index contributed by atoms with van der Waals surface area (Å²) in [7, 11) is 1.82. The van der Waals surface area contributed by atoms with Crippen molar-refractivity contribution in [1.29, 1.82) is 0 Å². The zero-order valence-corrected chi connectivity index (χ0v) is 22.5. The Morgan fingerprint density at radius 3 is 2.49 bits per heavy atom. The first-order valence-electron chi connectivity index (χ1n) is 12.1. The van der Waals surface area contributed by atoms with Gasteiger partial charge in [-0.15, -0.1) is 0 Å². The monoisotopic (exact) mass is 551 g/mol. The second kappa shape index (κ2) is 13.6. The second-order valence-corrected chi connectivity index (χ2v) is 9.89. The Morgan fingerprint density at radius 1 is 1.08 bits per heavy atom. The molecule has 1 saturated heterocycles. The van der Waals surface area contributed by atoms with Crippen molar-refractivity contribution in [3.63, 3.8) is 0 Å². The second-order valence-electron chi connectivity index (χ2n) is 9.05. The predicted molar refractivity (Wildman–Crippen MR) is 142 cm³/mol. The van der Waals surface area contributed by atoms with Crippen LogP contribution in [-0.2, 0) is 22.7 Å². The van der Waals surface area contributed by atoms with Gasteiger partial charge in [0.15, 0.2) is 0 Å². The van der Waals surface area contributed by atoms with E-state index in [1.54, 1.807) is 35.2 Å². The van der Waals surface area contributed by atoms with Crippen LogP contribution in [0.5, 0.6) is 0 Å². The molecule has 0 saturated carbocycles. The number of nitrogens with one attached hydrogen (secondary N) is 2. The summed E-state index contributed by atoms with van der Waals surface area (Å²) in [6.07, 6.45) is 1.11. The molecule has 2 aromatic rings. The van der Waals surface area contributed by atoms with Crippen molar-refractivity contribution < 1.29 is 18.8 Å². The summed E-state index contributed by atoms with van der Waals surface area (Å²) in [6, 6.07) is 9.70. The number of halogens is 3. The first-order chi connectivity index (χ1) is 17.7. The molecule has 1 aliphatic rings. The molecular formula is C26H32Cl2FN5O3. The van der Waals surface area contributed by atoms with Gasteiger partial charge in [0.25, 0.3) is 0 Å². The van der Waals surface area contributed by atoms with Crippen LogP contribution in [0.2, 0.25) is 10.0 Å². The molecule has 1 heterocycles. The molecule has 200 valence electrons. The van der Waals surface area contributed by atoms with Gasteiger partial charge in [-0.3, -0.25) is 14.5 Å². The van der Waals surface area contributed by atoms with Crippen molar-refractivity contribution in [3.05, 3.63) is 69.5 Å². The lowest BCUT2D eigenvalue weighted by molar-refractivity contribution is -0.145. The molecule has 1 fully saturated rings. The molecule has 37 heavy (non-hydrogen) atoms. The van der Waals surface area contributed by atoms with E-state index in [9.17, 15) is 18.8 Å². The molecule has 0 spiro atoms. The van der Waals surface area contributed by atoms with Crippen molar-refractivity contribution in [3.8, 4) is 0 Å². The van der Waals surface area contributed by atoms with Gasteiger partial charge in [-0.25, -0.2) is 9.18 Å². The number of hydrogen-bond acceptors (Lipinski definition) is 4. The summed E-state index contributed by atoms with van der Waals surface area (Å²) in [5.41, 5.74) is 1.49. The van der Waals surface area contributed by atoms with E-state index in [4.69, 9.17) is 23.2 Å². The van der Waals surface area contributed by atoms with Crippen molar-refractivity contribution in [1.82, 2.24) is 25.3 Å². The zero-order chi connectivity index (χ0) is 26.9. The van der Waals surface area contributed by atoms with E-state index in [0.717, 1.165) is 11.1 Å². The van der Waals surface area contributed by atoms with Gasteiger partial charge >= 0.3 is 6.03 Å². The third-order valence-corrected chi connectivity index (χ3v) is 6.75. The summed E-state index contributed by atoms with van der Waals surface area (Å²) in [5.74, 6) is -0.812. The van der Waals surface area contributed by atoms with Crippen LogP contribution in [0.4, 0.5) is 9.18 Å². The van der Waals surface area contributed by atoms with E-state index in [1.165, 1.54) is 17.0 Å². The van der Waals surface area contributed by atoms with Crippen LogP contribution in [0.25, 0.3) is 0 Å². The zero-order valence-electron chi connectivity index (χ0n) is 21.0. The minimum Gasteiger partial charge on any atom is -0.335 e. The van der Waals surface area contributed by atoms with Gasteiger partial charge in [-0.1, -0.05) is 54.7 Å². The number of carbonyl (C=O) groups excluding carboxylic acids is 3. The molecule has 8 nitrogen and oxygen atoms in total. The molecule has 3 rings (SSSR count). The third-order valence-electron chi connectivity index (χ3n) is 6.16. The Morgan fingerprint density at radius 2 is 1.81 bits per heavy atom. The van der Waals surface area contributed by atoms with Crippen LogP contribution in [-0.4, -0.2) is 71.9 Å². The lowest BCUT2D eigenvalue weighted by Gasteiger charge is -2.34. The lowest BCUT2D eigenvalue weighted by Crippen LogP contribution is -2.55. The molecule has 1 atom stereocenters. The van der Waals surface area contributed by atoms with Gasteiger partial charge in [-0.2, -0.15) is 0 Å². The van der Waals surface area contributed by atoms with Gasteiger partial charge in [0.05, 0.1) is 13.2 Å². The maximum absolute atomic E-state index is 13.8. The average Bonchev–Trinajstić information content (AvgIpc) is 2.89. The highest BCUT2D eigenvalue weighted by Gasteiger charge is 2.34. The Balaban J connectivity index is 1.74. The van der Waals surface area contributed by atoms with Gasteiger partial charge in [0, 0.05) is 36.2 Å². The normalized spacial score (nSPS) is 17.3. The molecule has 1 aliphatic heterocycles. The smallest absolute Gasteiger partial charge is 0.316 e. The molecule has 0 bridgehead atoms. The van der Waals surface area contributed by atoms with Crippen LogP contribution in [0, 0.1) is 5.82 Å². The summed E-state index contributed by atoms with van der Waals surface area (Å²) >= 11 is 12.4. The first-order valence-corrected chi connectivity index (χ1v) is 12.9. The van der Waals surface area contributed by atoms with Crippen LogP contribution < -0.4 is 10.6 Å². The Hall–Kier alpha value is -2.88. The van der Waals surface area contributed by atoms with Crippen molar-refractivity contribution in [2.45, 2.75) is 38.9 Å². The lowest BCUT2D eigenvalue weighted by atomic mass is 10.1. The van der Waals surface area contributed by atoms with Gasteiger partial charge in [0.1, 0.15) is 11.9 Å². The van der Waals surface area contributed by atoms with E-state index in [0.29, 0.717) is 36.0 Å². The molecule has 0 aliphatic carbocycles. The molecule has 4 amide bonds. The van der Waals surface area contributed by atoms with E-state index >= 15 is 0 Å². The summed E-state index contributed by atoms with van der Waals surface area (Å²) < 4.78 is 13.1. The molecule has 0 aromatic heterocycles. The molecule has 11 heteroatoms. The summed E-state index contributed by atoms with van der Waals surface area (Å²) in [5, 5.41) is 6.36. The molecule has 2 N–H and O–H groups in total. The van der Waals surface area contributed by atoms with E-state index in [1.807, 2.05) is 18.9 Å². The highest BCUT2D eigenvalue weighted by atomic mass is 35.5. The topological polar surface area (TPSA) is 85.0 Å².